The van der Waals surface area contributed by atoms with Crippen LogP contribution in [0.25, 0.3) is 0 Å². The van der Waals surface area contributed by atoms with Gasteiger partial charge in [0.15, 0.2) is 6.71 Å². The fraction of sp³-hybridized carbons (Fsp3) is 0.588. The lowest BCUT2D eigenvalue weighted by Crippen LogP contribution is -2.28. The van der Waals surface area contributed by atoms with E-state index in [1.54, 1.807) is 0 Å². The summed E-state index contributed by atoms with van der Waals surface area (Å²) in [6.45, 7) is 10.4. The average Bonchev–Trinajstić information content (AvgIpc) is 2.87. The molecular weight excluding hydrogens is 243 g/mol. The molecular formula is C17H25BN2. The van der Waals surface area contributed by atoms with Gasteiger partial charge in [-0.25, -0.2) is 0 Å². The van der Waals surface area contributed by atoms with Crippen LogP contribution in [0.5, 0.6) is 0 Å². The highest BCUT2D eigenvalue weighted by atomic mass is 15.0. The van der Waals surface area contributed by atoms with E-state index >= 15 is 0 Å². The van der Waals surface area contributed by atoms with Crippen molar-refractivity contribution < 1.29 is 0 Å². The third-order valence-corrected chi connectivity index (χ3v) is 5.86. The first kappa shape index (κ1) is 13.7. The number of rotatable bonds is 1. The van der Waals surface area contributed by atoms with Crippen LogP contribution in [-0.4, -0.2) is 19.6 Å². The van der Waals surface area contributed by atoms with Gasteiger partial charge in [-0.3, -0.25) is 4.99 Å². The predicted octanol–water partition coefficient (Wildman–Crippen LogP) is 3.45. The summed E-state index contributed by atoms with van der Waals surface area (Å²) in [5.41, 5.74) is 4.98. The molecule has 2 nitrogen and oxygen atoms in total. The van der Waals surface area contributed by atoms with Crippen molar-refractivity contribution in [3.63, 3.8) is 0 Å². The first-order valence-electron chi connectivity index (χ1n) is 7.68. The summed E-state index contributed by atoms with van der Waals surface area (Å²) < 4.78 is 0. The van der Waals surface area contributed by atoms with Crippen LogP contribution >= 0.6 is 0 Å². The number of anilines is 1. The molecule has 0 unspecified atom stereocenters. The Balaban J connectivity index is 1.88. The lowest BCUT2D eigenvalue weighted by molar-refractivity contribution is 0.177. The predicted molar refractivity (Wildman–Crippen MR) is 89.7 cm³/mol. The topological polar surface area (TPSA) is 24.4 Å². The quantitative estimate of drug-likeness (QED) is 0.775. The highest BCUT2D eigenvalue weighted by Gasteiger charge is 2.48. The number of nitrogens with one attached hydrogen (secondary N) is 1. The molecule has 0 aliphatic carbocycles. The molecule has 1 fully saturated rings. The van der Waals surface area contributed by atoms with Crippen LogP contribution in [0, 0.1) is 10.8 Å². The lowest BCUT2D eigenvalue weighted by Gasteiger charge is -2.35. The number of aliphatic imine (C=N–C) groups is 1. The molecule has 0 spiro atoms. The summed E-state index contributed by atoms with van der Waals surface area (Å²) in [6, 6.07) is 6.98. The fourth-order valence-electron chi connectivity index (χ4n) is 3.73. The minimum atomic E-state index is 0.417. The maximum atomic E-state index is 4.28. The molecule has 1 saturated heterocycles. The van der Waals surface area contributed by atoms with E-state index in [1.165, 1.54) is 29.4 Å². The number of fused-ring (bicyclic) bond motifs is 1. The van der Waals surface area contributed by atoms with Crippen LogP contribution < -0.4 is 10.8 Å². The van der Waals surface area contributed by atoms with Gasteiger partial charge in [-0.2, -0.15) is 0 Å². The van der Waals surface area contributed by atoms with Gasteiger partial charge in [0, 0.05) is 19.2 Å². The summed E-state index contributed by atoms with van der Waals surface area (Å²) >= 11 is 0. The van der Waals surface area contributed by atoms with Crippen LogP contribution in [0.3, 0.4) is 0 Å². The number of amidine groups is 1. The van der Waals surface area contributed by atoms with Crippen molar-refractivity contribution in [1.29, 1.82) is 0 Å². The molecule has 106 valence electrons. The molecule has 0 atom stereocenters. The van der Waals surface area contributed by atoms with Crippen molar-refractivity contribution in [1.82, 2.24) is 0 Å². The molecule has 0 saturated carbocycles. The van der Waals surface area contributed by atoms with Crippen molar-refractivity contribution in [2.24, 2.45) is 15.8 Å². The Morgan fingerprint density at radius 2 is 1.75 bits per heavy atom. The molecule has 2 aliphatic heterocycles. The van der Waals surface area contributed by atoms with Gasteiger partial charge in [-0.05, 0) is 22.5 Å². The van der Waals surface area contributed by atoms with Crippen molar-refractivity contribution in [3.8, 4) is 0 Å². The first-order valence-corrected chi connectivity index (χ1v) is 7.68. The monoisotopic (exact) mass is 268 g/mol. The van der Waals surface area contributed by atoms with Gasteiger partial charge in [-0.1, -0.05) is 57.9 Å². The SMILES string of the molecule is CN=C1Cc2ccc(B3CC(C)(C)C(C)(C)C3)cc2N1. The Hall–Kier alpha value is -1.25. The van der Waals surface area contributed by atoms with Crippen molar-refractivity contribution in [3.05, 3.63) is 23.8 Å². The fourth-order valence-corrected chi connectivity index (χ4v) is 3.73. The standard InChI is InChI=1S/C17H25BN2/c1-16(2)10-18(11-17(16,3)4)13-7-6-12-8-15(19-5)20-14(12)9-13/h6-7,9H,8,10-11H2,1-5H3,(H,19,20). The third-order valence-electron chi connectivity index (χ3n) is 5.86. The van der Waals surface area contributed by atoms with Crippen LogP contribution in [0.4, 0.5) is 5.69 Å². The first-order chi connectivity index (χ1) is 9.32. The highest BCUT2D eigenvalue weighted by Crippen LogP contribution is 2.52. The Morgan fingerprint density at radius 3 is 2.35 bits per heavy atom. The molecule has 0 bridgehead atoms. The molecule has 3 rings (SSSR count). The van der Waals surface area contributed by atoms with Gasteiger partial charge in [0.25, 0.3) is 0 Å². The maximum Gasteiger partial charge on any atom is 0.177 e. The highest BCUT2D eigenvalue weighted by molar-refractivity contribution is 6.74. The number of benzene rings is 1. The zero-order valence-corrected chi connectivity index (χ0v) is 13.4. The second kappa shape index (κ2) is 4.37. The minimum Gasteiger partial charge on any atom is -0.344 e. The molecule has 0 radical (unpaired) electrons. The Labute approximate surface area is 123 Å². The molecule has 20 heavy (non-hydrogen) atoms. The number of hydrogen-bond donors (Lipinski definition) is 1. The van der Waals surface area contributed by atoms with Crippen molar-refractivity contribution in [2.45, 2.75) is 46.8 Å². The van der Waals surface area contributed by atoms with Crippen LogP contribution in [0.2, 0.25) is 12.6 Å². The molecule has 2 heterocycles. The summed E-state index contributed by atoms with van der Waals surface area (Å²) in [6.07, 6.45) is 3.52. The van der Waals surface area contributed by atoms with E-state index in [2.05, 4.69) is 56.2 Å². The van der Waals surface area contributed by atoms with Gasteiger partial charge >= 0.3 is 0 Å². The van der Waals surface area contributed by atoms with E-state index in [0.29, 0.717) is 17.5 Å². The largest absolute Gasteiger partial charge is 0.344 e. The van der Waals surface area contributed by atoms with E-state index in [-0.39, 0.29) is 0 Å². The number of hydrogen-bond acceptors (Lipinski definition) is 1. The molecule has 2 aliphatic rings. The Morgan fingerprint density at radius 1 is 1.10 bits per heavy atom. The normalized spacial score (nSPS) is 24.9. The van der Waals surface area contributed by atoms with Crippen LogP contribution in [-0.2, 0) is 6.42 Å². The molecule has 1 aromatic carbocycles. The van der Waals surface area contributed by atoms with Gasteiger partial charge < -0.3 is 5.32 Å². The van der Waals surface area contributed by atoms with Crippen LogP contribution in [0.15, 0.2) is 23.2 Å². The summed E-state index contributed by atoms with van der Waals surface area (Å²) in [5, 5.41) is 3.44. The van der Waals surface area contributed by atoms with Gasteiger partial charge in [-0.15, -0.1) is 0 Å². The van der Waals surface area contributed by atoms with E-state index < -0.39 is 0 Å². The van der Waals surface area contributed by atoms with E-state index in [0.717, 1.165) is 12.3 Å². The van der Waals surface area contributed by atoms with E-state index in [4.69, 9.17) is 0 Å². The average molecular weight is 268 g/mol. The van der Waals surface area contributed by atoms with Gasteiger partial charge in [0.05, 0.1) is 0 Å². The molecule has 3 heteroatoms. The lowest BCUT2D eigenvalue weighted by atomic mass is 9.42. The smallest absolute Gasteiger partial charge is 0.177 e. The second-order valence-corrected chi connectivity index (χ2v) is 7.76. The van der Waals surface area contributed by atoms with Crippen molar-refractivity contribution in [2.75, 3.05) is 12.4 Å². The zero-order chi connectivity index (χ0) is 14.5. The van der Waals surface area contributed by atoms with Crippen LogP contribution in [0.1, 0.15) is 33.3 Å². The zero-order valence-electron chi connectivity index (χ0n) is 13.4. The maximum absolute atomic E-state index is 4.28. The summed E-state index contributed by atoms with van der Waals surface area (Å²) in [7, 11) is 1.86. The Bertz CT molecular complexity index is 556. The molecule has 1 N–H and O–H groups in total. The van der Waals surface area contributed by atoms with E-state index in [1.807, 2.05) is 7.05 Å². The molecule has 0 aromatic heterocycles. The van der Waals surface area contributed by atoms with Crippen molar-refractivity contribution >= 4 is 23.7 Å². The second-order valence-electron chi connectivity index (χ2n) is 7.76. The Kier molecular flexibility index (Phi) is 3.00. The molecule has 1 aromatic rings. The van der Waals surface area contributed by atoms with Gasteiger partial charge in [0.1, 0.15) is 5.84 Å². The minimum absolute atomic E-state index is 0.417. The number of nitrogens with zero attached hydrogens (tertiary/aromatic N) is 1. The van der Waals surface area contributed by atoms with E-state index in [9.17, 15) is 0 Å². The summed E-state index contributed by atoms with van der Waals surface area (Å²) in [4.78, 5) is 4.28. The summed E-state index contributed by atoms with van der Waals surface area (Å²) in [5.74, 6) is 1.09. The molecule has 0 amide bonds. The van der Waals surface area contributed by atoms with Gasteiger partial charge in [0.2, 0.25) is 0 Å². The third kappa shape index (κ3) is 2.08.